The van der Waals surface area contributed by atoms with Gasteiger partial charge < -0.3 is 45.5 Å². The van der Waals surface area contributed by atoms with E-state index in [1.54, 1.807) is 55.8 Å². The first kappa shape index (κ1) is 47.0. The number of ether oxygens (including phenoxy) is 3. The highest BCUT2D eigenvalue weighted by Gasteiger charge is 2.32. The van der Waals surface area contributed by atoms with Crippen LogP contribution < -0.4 is 36.1 Å². The predicted molar refractivity (Wildman–Crippen MR) is 243 cm³/mol. The summed E-state index contributed by atoms with van der Waals surface area (Å²) in [6.07, 6.45) is -1.66. The number of halogens is 3. The molecule has 4 aromatic carbocycles. The Morgan fingerprint density at radius 2 is 1.67 bits per heavy atom. The summed E-state index contributed by atoms with van der Waals surface area (Å²) in [7, 11) is -2.35. The lowest BCUT2D eigenvalue weighted by Crippen LogP contribution is -2.41. The average molecular weight is 902 g/mol. The number of hydrogen-bond acceptors (Lipinski definition) is 12. The zero-order valence-corrected chi connectivity index (χ0v) is 37.0. The Kier molecular flexibility index (Phi) is 14.9. The Balaban J connectivity index is 1.17. The van der Waals surface area contributed by atoms with Crippen molar-refractivity contribution >= 4 is 58.6 Å². The molecule has 1 aliphatic rings. The number of fused-ring (bicyclic) bond motifs is 1. The molecule has 3 amide bonds. The van der Waals surface area contributed by atoms with Gasteiger partial charge in [0.1, 0.15) is 17.3 Å². The number of morpholine rings is 1. The summed E-state index contributed by atoms with van der Waals surface area (Å²) in [4.78, 5) is 37.4. The SMILES string of the molecule is CC(C)(C)C(=N)/C=C(/NC(=O)Nc1ccc(Oc2ccnc(Nc3cc(OC(F)(F)F)cc(C(=O)NCCN4CCOCC4)c3)n2)c2ccccc12)Nc1cccc(CP(C)(C)=O)c1. The van der Waals surface area contributed by atoms with Crippen LogP contribution in [0, 0.1) is 10.8 Å². The second kappa shape index (κ2) is 20.3. The number of rotatable bonds is 16. The molecule has 1 fully saturated rings. The number of carbonyl (C=O) groups excluding carboxylic acids is 2. The summed E-state index contributed by atoms with van der Waals surface area (Å²) in [5, 5.41) is 24.4. The molecule has 15 nitrogen and oxygen atoms in total. The van der Waals surface area contributed by atoms with Crippen LogP contribution in [0.5, 0.6) is 17.4 Å². The molecule has 6 rings (SSSR count). The molecule has 0 unspecified atom stereocenters. The topological polar surface area (TPSA) is 192 Å². The van der Waals surface area contributed by atoms with Crippen molar-refractivity contribution in [3.8, 4) is 17.4 Å². The molecule has 0 spiro atoms. The van der Waals surface area contributed by atoms with Crippen molar-refractivity contribution in [1.29, 1.82) is 5.41 Å². The van der Waals surface area contributed by atoms with E-state index in [-0.39, 0.29) is 41.2 Å². The van der Waals surface area contributed by atoms with Crippen LogP contribution in [-0.4, -0.2) is 91.6 Å². The molecule has 64 heavy (non-hydrogen) atoms. The molecule has 338 valence electrons. The maximum atomic E-state index is 13.6. The van der Waals surface area contributed by atoms with Gasteiger partial charge in [0.05, 0.1) is 26.0 Å². The highest BCUT2D eigenvalue weighted by Crippen LogP contribution is 2.41. The third kappa shape index (κ3) is 14.3. The van der Waals surface area contributed by atoms with E-state index in [0.29, 0.717) is 66.9 Å². The number of aromatic nitrogens is 2. The number of allylic oxidation sites excluding steroid dienone is 1. The molecule has 2 heterocycles. The van der Waals surface area contributed by atoms with Crippen molar-refractivity contribution in [3.05, 3.63) is 114 Å². The summed E-state index contributed by atoms with van der Waals surface area (Å²) in [6.45, 7) is 12.5. The minimum absolute atomic E-state index is 0.0425. The van der Waals surface area contributed by atoms with Crippen LogP contribution in [0.3, 0.4) is 0 Å². The third-order valence-corrected chi connectivity index (χ3v) is 10.7. The van der Waals surface area contributed by atoms with Crippen LogP contribution in [0.25, 0.3) is 10.8 Å². The molecule has 1 aliphatic heterocycles. The zero-order valence-electron chi connectivity index (χ0n) is 36.1. The number of hydrogen-bond donors (Lipinski definition) is 6. The summed E-state index contributed by atoms with van der Waals surface area (Å²) >= 11 is 0. The lowest BCUT2D eigenvalue weighted by atomic mass is 9.90. The molecule has 19 heteroatoms. The van der Waals surface area contributed by atoms with Crippen LogP contribution in [-0.2, 0) is 15.5 Å². The third-order valence-electron chi connectivity index (χ3n) is 9.57. The van der Waals surface area contributed by atoms with E-state index < -0.39 is 36.6 Å². The Morgan fingerprint density at radius 3 is 2.39 bits per heavy atom. The summed E-state index contributed by atoms with van der Waals surface area (Å²) in [5.74, 6) is -0.551. The molecule has 0 saturated carbocycles. The van der Waals surface area contributed by atoms with Gasteiger partial charge in [-0.15, -0.1) is 13.2 Å². The number of urea groups is 1. The largest absolute Gasteiger partial charge is 0.573 e. The van der Waals surface area contributed by atoms with E-state index in [1.165, 1.54) is 18.3 Å². The van der Waals surface area contributed by atoms with Gasteiger partial charge in [-0.1, -0.05) is 57.2 Å². The van der Waals surface area contributed by atoms with E-state index in [0.717, 1.165) is 17.7 Å². The van der Waals surface area contributed by atoms with Gasteiger partial charge in [0.25, 0.3) is 5.91 Å². The molecule has 0 aliphatic carbocycles. The fourth-order valence-electron chi connectivity index (χ4n) is 6.50. The second-order valence-corrected chi connectivity index (χ2v) is 19.9. The molecule has 6 N–H and O–H groups in total. The highest BCUT2D eigenvalue weighted by molar-refractivity contribution is 7.61. The van der Waals surface area contributed by atoms with Gasteiger partial charge in [0.15, 0.2) is 0 Å². The van der Waals surface area contributed by atoms with Crippen LogP contribution in [0.4, 0.5) is 41.0 Å². The minimum atomic E-state index is -5.01. The number of amides is 3. The Bertz CT molecular complexity index is 2570. The summed E-state index contributed by atoms with van der Waals surface area (Å²) in [5.41, 5.74) is 1.68. The highest BCUT2D eigenvalue weighted by atomic mass is 31.2. The molecule has 0 radical (unpaired) electrons. The Hall–Kier alpha value is -6.49. The van der Waals surface area contributed by atoms with E-state index in [2.05, 4.69) is 46.2 Å². The number of nitrogens with one attached hydrogen (secondary N) is 6. The maximum absolute atomic E-state index is 13.6. The van der Waals surface area contributed by atoms with Gasteiger partial charge in [-0.3, -0.25) is 15.0 Å². The fourth-order valence-corrected chi connectivity index (χ4v) is 7.58. The van der Waals surface area contributed by atoms with Gasteiger partial charge in [-0.2, -0.15) is 4.98 Å². The number of nitrogens with zero attached hydrogens (tertiary/aromatic N) is 3. The van der Waals surface area contributed by atoms with Crippen molar-refractivity contribution in [3.63, 3.8) is 0 Å². The van der Waals surface area contributed by atoms with Gasteiger partial charge in [-0.05, 0) is 55.3 Å². The number of anilines is 4. The number of alkyl halides is 3. The van der Waals surface area contributed by atoms with Crippen LogP contribution in [0.1, 0.15) is 36.7 Å². The summed E-state index contributed by atoms with van der Waals surface area (Å²) in [6, 6.07) is 22.2. The molecule has 1 aromatic heterocycles. The minimum Gasteiger partial charge on any atom is -0.438 e. The average Bonchev–Trinajstić information content (AvgIpc) is 3.20. The van der Waals surface area contributed by atoms with Gasteiger partial charge in [-0.25, -0.2) is 9.78 Å². The van der Waals surface area contributed by atoms with Crippen molar-refractivity contribution in [2.45, 2.75) is 33.3 Å². The lowest BCUT2D eigenvalue weighted by molar-refractivity contribution is -0.274. The maximum Gasteiger partial charge on any atom is 0.573 e. The van der Waals surface area contributed by atoms with Crippen LogP contribution in [0.2, 0.25) is 0 Å². The normalized spacial score (nSPS) is 13.8. The van der Waals surface area contributed by atoms with Gasteiger partial charge in [0.2, 0.25) is 11.8 Å². The molecule has 0 bridgehead atoms. The second-order valence-electron chi connectivity index (χ2n) is 16.5. The van der Waals surface area contributed by atoms with Crippen molar-refractivity contribution in [1.82, 2.24) is 25.5 Å². The molecular weight excluding hydrogens is 851 g/mol. The number of carbonyl (C=O) groups is 2. The molecule has 5 aromatic rings. The monoisotopic (exact) mass is 901 g/mol. The van der Waals surface area contributed by atoms with E-state index in [9.17, 15) is 27.3 Å². The predicted octanol–water partition coefficient (Wildman–Crippen LogP) is 9.39. The molecular formula is C45H51F3N9O6P. The Morgan fingerprint density at radius 1 is 0.922 bits per heavy atom. The molecule has 0 atom stereocenters. The fraction of sp³-hybridized carbons (Fsp3) is 0.311. The van der Waals surface area contributed by atoms with Crippen LogP contribution >= 0.6 is 7.14 Å². The smallest absolute Gasteiger partial charge is 0.438 e. The molecule has 1 saturated heterocycles. The van der Waals surface area contributed by atoms with Crippen molar-refractivity contribution < 1.29 is 41.5 Å². The quantitative estimate of drug-likeness (QED) is 0.0409. The zero-order chi connectivity index (χ0) is 46.1. The van der Waals surface area contributed by atoms with E-state index in [1.807, 2.05) is 45.0 Å². The Labute approximate surface area is 369 Å². The van der Waals surface area contributed by atoms with Gasteiger partial charge >= 0.3 is 12.4 Å². The lowest BCUT2D eigenvalue weighted by Gasteiger charge is -2.26. The van der Waals surface area contributed by atoms with E-state index in [4.69, 9.17) is 14.9 Å². The van der Waals surface area contributed by atoms with Gasteiger partial charge in [0, 0.05) is 95.6 Å². The summed E-state index contributed by atoms with van der Waals surface area (Å²) < 4.78 is 68.1. The first-order valence-electron chi connectivity index (χ1n) is 20.3. The number of benzene rings is 4. The first-order chi connectivity index (χ1) is 30.3. The standard InChI is InChI=1S/C45H51F3N9O6P/c1-44(2,3)38(49)27-39(52-31-10-8-9-29(23-31)28-64(4,5)60)55-43(59)54-36-13-14-37(35-12-7-6-11-34(35)36)62-40-15-16-51-42(56-40)53-32-24-30(25-33(26-32)63-45(46,47)48)41(58)50-17-18-57-19-21-61-22-20-57/h6-16,23-27,49,52H,17-22,28H2,1-5H3,(H,50,58)(H,51,53,56)(H2,54,55,59)/b39-27+,49-38?. The first-order valence-corrected chi connectivity index (χ1v) is 23.1. The van der Waals surface area contributed by atoms with Crippen molar-refractivity contribution in [2.75, 3.05) is 68.7 Å². The van der Waals surface area contributed by atoms with Crippen LogP contribution in [0.15, 0.2) is 103 Å². The van der Waals surface area contributed by atoms with E-state index >= 15 is 0 Å². The van der Waals surface area contributed by atoms with Crippen molar-refractivity contribution in [2.24, 2.45) is 5.41 Å².